The van der Waals surface area contributed by atoms with Gasteiger partial charge in [0, 0.05) is 10.7 Å². The molecule has 0 aliphatic heterocycles. The number of nitrogens with one attached hydrogen (secondary N) is 1. The van der Waals surface area contributed by atoms with E-state index < -0.39 is 0 Å². The topological polar surface area (TPSA) is 70.1 Å². The first kappa shape index (κ1) is 13.8. The molecule has 1 unspecified atom stereocenters. The Kier molecular flexibility index (Phi) is 6.20. The summed E-state index contributed by atoms with van der Waals surface area (Å²) in [6.07, 6.45) is 1.98. The van der Waals surface area contributed by atoms with E-state index in [-0.39, 0.29) is 17.9 Å². The second kappa shape index (κ2) is 6.30. The zero-order valence-corrected chi connectivity index (χ0v) is 10.2. The third-order valence-electron chi connectivity index (χ3n) is 2.33. The Labute approximate surface area is 91.0 Å². The summed E-state index contributed by atoms with van der Waals surface area (Å²) in [7, 11) is 0. The van der Waals surface area contributed by atoms with Crippen LogP contribution < -0.4 is 5.73 Å². The standard InChI is InChI=1S/C10H22N2OS/c1-8(7-13)14-6-4-5-10(2,3)9(11)12/h8,13H,4-7H2,1-3H3,(H3,11,12). The summed E-state index contributed by atoms with van der Waals surface area (Å²) in [6, 6.07) is 0. The summed E-state index contributed by atoms with van der Waals surface area (Å²) in [5, 5.41) is 16.5. The van der Waals surface area contributed by atoms with Crippen molar-refractivity contribution in [1.82, 2.24) is 0 Å². The highest BCUT2D eigenvalue weighted by molar-refractivity contribution is 7.99. The molecule has 0 saturated carbocycles. The van der Waals surface area contributed by atoms with Crippen LogP contribution in [0.25, 0.3) is 0 Å². The van der Waals surface area contributed by atoms with Crippen molar-refractivity contribution in [2.24, 2.45) is 11.1 Å². The number of rotatable bonds is 7. The molecule has 14 heavy (non-hydrogen) atoms. The Balaban J connectivity index is 3.59. The fraction of sp³-hybridized carbons (Fsp3) is 0.900. The van der Waals surface area contributed by atoms with Crippen LogP contribution >= 0.6 is 11.8 Å². The maximum absolute atomic E-state index is 8.81. The Hall–Kier alpha value is -0.220. The van der Waals surface area contributed by atoms with E-state index in [9.17, 15) is 0 Å². The predicted molar refractivity (Wildman–Crippen MR) is 63.9 cm³/mol. The molecule has 0 aliphatic rings. The molecule has 4 heteroatoms. The van der Waals surface area contributed by atoms with Gasteiger partial charge >= 0.3 is 0 Å². The molecule has 0 fully saturated rings. The van der Waals surface area contributed by atoms with E-state index in [1.807, 2.05) is 20.8 Å². The van der Waals surface area contributed by atoms with Crippen molar-refractivity contribution >= 4 is 17.6 Å². The van der Waals surface area contributed by atoms with Crippen LogP contribution in [-0.2, 0) is 0 Å². The summed E-state index contributed by atoms with van der Waals surface area (Å²) < 4.78 is 0. The van der Waals surface area contributed by atoms with Crippen molar-refractivity contribution in [3.05, 3.63) is 0 Å². The molecule has 0 aliphatic carbocycles. The van der Waals surface area contributed by atoms with E-state index in [4.69, 9.17) is 16.2 Å². The van der Waals surface area contributed by atoms with Gasteiger partial charge in [-0.05, 0) is 18.6 Å². The van der Waals surface area contributed by atoms with Gasteiger partial charge in [-0.25, -0.2) is 0 Å². The summed E-state index contributed by atoms with van der Waals surface area (Å²) in [4.78, 5) is 0. The molecule has 84 valence electrons. The van der Waals surface area contributed by atoms with Crippen LogP contribution in [-0.4, -0.2) is 28.6 Å². The van der Waals surface area contributed by atoms with E-state index in [1.54, 1.807) is 11.8 Å². The van der Waals surface area contributed by atoms with Crippen LogP contribution in [0.15, 0.2) is 0 Å². The molecular weight excluding hydrogens is 196 g/mol. The van der Waals surface area contributed by atoms with Crippen molar-refractivity contribution in [1.29, 1.82) is 5.41 Å². The zero-order chi connectivity index (χ0) is 11.2. The number of aliphatic hydroxyl groups is 1. The smallest absolute Gasteiger partial charge is 0.0963 e. The Morgan fingerprint density at radius 3 is 2.57 bits per heavy atom. The number of hydrogen-bond donors (Lipinski definition) is 3. The number of thioether (sulfide) groups is 1. The average molecular weight is 218 g/mol. The lowest BCUT2D eigenvalue weighted by Gasteiger charge is -2.22. The fourth-order valence-electron chi connectivity index (χ4n) is 0.986. The van der Waals surface area contributed by atoms with Gasteiger partial charge in [0.05, 0.1) is 12.4 Å². The molecule has 0 aromatic carbocycles. The van der Waals surface area contributed by atoms with Gasteiger partial charge in [0.2, 0.25) is 0 Å². The van der Waals surface area contributed by atoms with Crippen LogP contribution in [0.3, 0.4) is 0 Å². The molecular formula is C10H22N2OS. The number of aliphatic hydroxyl groups excluding tert-OH is 1. The maximum Gasteiger partial charge on any atom is 0.0963 e. The van der Waals surface area contributed by atoms with E-state index in [0.29, 0.717) is 5.25 Å². The van der Waals surface area contributed by atoms with Gasteiger partial charge < -0.3 is 10.8 Å². The summed E-state index contributed by atoms with van der Waals surface area (Å²) in [6.45, 7) is 6.24. The first-order valence-electron chi connectivity index (χ1n) is 4.97. The lowest BCUT2D eigenvalue weighted by Crippen LogP contribution is -2.30. The van der Waals surface area contributed by atoms with Crippen LogP contribution in [0.2, 0.25) is 0 Å². The molecule has 0 spiro atoms. The Morgan fingerprint density at radius 2 is 2.14 bits per heavy atom. The van der Waals surface area contributed by atoms with Crippen LogP contribution in [0, 0.1) is 10.8 Å². The lowest BCUT2D eigenvalue weighted by atomic mass is 9.87. The van der Waals surface area contributed by atoms with Crippen molar-refractivity contribution in [2.45, 2.75) is 38.9 Å². The molecule has 0 radical (unpaired) electrons. The highest BCUT2D eigenvalue weighted by atomic mass is 32.2. The van der Waals surface area contributed by atoms with Crippen molar-refractivity contribution in [3.63, 3.8) is 0 Å². The molecule has 1 atom stereocenters. The van der Waals surface area contributed by atoms with Gasteiger partial charge in [-0.1, -0.05) is 20.8 Å². The monoisotopic (exact) mass is 218 g/mol. The normalized spacial score (nSPS) is 14.0. The fourth-order valence-corrected chi connectivity index (χ4v) is 1.80. The van der Waals surface area contributed by atoms with Gasteiger partial charge in [0.15, 0.2) is 0 Å². The molecule has 0 heterocycles. The molecule has 3 nitrogen and oxygen atoms in total. The number of nitrogens with two attached hydrogens (primary N) is 1. The molecule has 0 aromatic heterocycles. The average Bonchev–Trinajstić information content (AvgIpc) is 2.11. The highest BCUT2D eigenvalue weighted by Crippen LogP contribution is 2.23. The Morgan fingerprint density at radius 1 is 1.57 bits per heavy atom. The molecule has 0 aromatic rings. The van der Waals surface area contributed by atoms with Crippen molar-refractivity contribution in [2.75, 3.05) is 12.4 Å². The molecule has 0 bridgehead atoms. The largest absolute Gasteiger partial charge is 0.395 e. The van der Waals surface area contributed by atoms with Gasteiger partial charge in [0.1, 0.15) is 0 Å². The zero-order valence-electron chi connectivity index (χ0n) is 9.34. The van der Waals surface area contributed by atoms with E-state index in [1.165, 1.54) is 0 Å². The molecule has 4 N–H and O–H groups in total. The predicted octanol–water partition coefficient (Wildman–Crippen LogP) is 1.84. The highest BCUT2D eigenvalue weighted by Gasteiger charge is 2.20. The van der Waals surface area contributed by atoms with Crippen LogP contribution in [0.4, 0.5) is 0 Å². The van der Waals surface area contributed by atoms with Gasteiger partial charge in [-0.15, -0.1) is 0 Å². The van der Waals surface area contributed by atoms with E-state index in [0.717, 1.165) is 18.6 Å². The van der Waals surface area contributed by atoms with Gasteiger partial charge in [0.25, 0.3) is 0 Å². The first-order valence-corrected chi connectivity index (χ1v) is 6.02. The molecule has 0 saturated heterocycles. The van der Waals surface area contributed by atoms with Gasteiger partial charge in [-0.2, -0.15) is 11.8 Å². The minimum absolute atomic E-state index is 0.178. The first-order chi connectivity index (χ1) is 6.40. The van der Waals surface area contributed by atoms with Crippen molar-refractivity contribution in [3.8, 4) is 0 Å². The van der Waals surface area contributed by atoms with Crippen molar-refractivity contribution < 1.29 is 5.11 Å². The quantitative estimate of drug-likeness (QED) is 0.347. The number of hydrogen-bond acceptors (Lipinski definition) is 3. The maximum atomic E-state index is 8.81. The van der Waals surface area contributed by atoms with Gasteiger partial charge in [-0.3, -0.25) is 5.41 Å². The van der Waals surface area contributed by atoms with Crippen LogP contribution in [0.1, 0.15) is 33.6 Å². The molecule has 0 amide bonds. The number of amidine groups is 1. The molecule has 0 rings (SSSR count). The SMILES string of the molecule is CC(CO)SCCCC(C)(C)C(=N)N. The minimum Gasteiger partial charge on any atom is -0.395 e. The lowest BCUT2D eigenvalue weighted by molar-refractivity contribution is 0.300. The second-order valence-electron chi connectivity index (χ2n) is 4.27. The summed E-state index contributed by atoms with van der Waals surface area (Å²) in [5.74, 6) is 1.29. The summed E-state index contributed by atoms with van der Waals surface area (Å²) in [5.41, 5.74) is 5.30. The van der Waals surface area contributed by atoms with E-state index in [2.05, 4.69) is 0 Å². The minimum atomic E-state index is -0.178. The van der Waals surface area contributed by atoms with Crippen LogP contribution in [0.5, 0.6) is 0 Å². The van der Waals surface area contributed by atoms with E-state index >= 15 is 0 Å². The second-order valence-corrected chi connectivity index (χ2v) is 5.81. The Bertz CT molecular complexity index is 183. The third kappa shape index (κ3) is 5.50. The summed E-state index contributed by atoms with van der Waals surface area (Å²) >= 11 is 1.77. The third-order valence-corrected chi connectivity index (χ3v) is 3.58.